The number of pyridine rings is 1. The Kier molecular flexibility index (Phi) is 2.71. The van der Waals surface area contributed by atoms with Crippen LogP contribution in [-0.4, -0.2) is 0 Å². The molecule has 1 aromatic heterocycles. The number of hydrogen-bond acceptors (Lipinski definition) is 0. The van der Waals surface area contributed by atoms with Crippen LogP contribution in [0.1, 0.15) is 0 Å². The first-order chi connectivity index (χ1) is 10.3. The Morgan fingerprint density at radius 1 is 0.667 bits per heavy atom. The fourth-order valence-electron chi connectivity index (χ4n) is 3.00. The summed E-state index contributed by atoms with van der Waals surface area (Å²) in [6.07, 6.45) is 2.19. The van der Waals surface area contributed by atoms with Crippen LogP contribution in [0.25, 0.3) is 32.8 Å². The molecule has 0 saturated heterocycles. The molecular weight excluding hydrogens is 254 g/mol. The second-order valence-electron chi connectivity index (χ2n) is 5.43. The van der Waals surface area contributed by atoms with Crippen LogP contribution < -0.4 is 4.57 Å². The van der Waals surface area contributed by atoms with E-state index in [1.54, 1.807) is 0 Å². The summed E-state index contributed by atoms with van der Waals surface area (Å²) in [5.74, 6) is 0. The predicted molar refractivity (Wildman–Crippen MR) is 88.1 cm³/mol. The Balaban J connectivity index is 2.08. The molecule has 0 atom stereocenters. The molecule has 0 aliphatic rings. The second kappa shape index (κ2) is 4.71. The van der Waals surface area contributed by atoms with E-state index in [0.717, 1.165) is 0 Å². The number of aromatic nitrogens is 1. The van der Waals surface area contributed by atoms with Crippen LogP contribution in [0.3, 0.4) is 0 Å². The molecule has 0 saturated carbocycles. The molecule has 4 rings (SSSR count). The normalized spacial score (nSPS) is 11.1. The maximum absolute atomic E-state index is 2.30. The highest BCUT2D eigenvalue weighted by atomic mass is 14.9. The van der Waals surface area contributed by atoms with Crippen molar-refractivity contribution in [3.63, 3.8) is 0 Å². The number of hydrogen-bond donors (Lipinski definition) is 0. The van der Waals surface area contributed by atoms with Crippen LogP contribution in [0.4, 0.5) is 0 Å². The molecule has 100 valence electrons. The number of aryl methyl sites for hydroxylation is 1. The van der Waals surface area contributed by atoms with Crippen molar-refractivity contribution in [3.8, 4) is 11.1 Å². The average molecular weight is 270 g/mol. The first kappa shape index (κ1) is 12.1. The zero-order valence-corrected chi connectivity index (χ0v) is 12.0. The molecular formula is C20H16N+. The molecule has 1 nitrogen and oxygen atoms in total. The van der Waals surface area contributed by atoms with Crippen LogP contribution >= 0.6 is 0 Å². The Hall–Kier alpha value is -2.67. The molecule has 1 heterocycles. The van der Waals surface area contributed by atoms with Crippen LogP contribution in [0.15, 0.2) is 79.0 Å². The van der Waals surface area contributed by atoms with Crippen LogP contribution in [-0.2, 0) is 7.05 Å². The largest absolute Gasteiger partial charge is 0.212 e. The highest BCUT2D eigenvalue weighted by Gasteiger charge is 2.11. The fraction of sp³-hybridized carbons (Fsp3) is 0.0500. The lowest BCUT2D eigenvalue weighted by molar-refractivity contribution is -0.643. The molecule has 1 heteroatoms. The molecule has 3 aromatic carbocycles. The van der Waals surface area contributed by atoms with E-state index in [0.29, 0.717) is 0 Å². The molecule has 0 spiro atoms. The Morgan fingerprint density at radius 2 is 1.43 bits per heavy atom. The number of benzene rings is 3. The van der Waals surface area contributed by atoms with E-state index in [4.69, 9.17) is 0 Å². The van der Waals surface area contributed by atoms with Crippen molar-refractivity contribution in [2.75, 3.05) is 0 Å². The second-order valence-corrected chi connectivity index (χ2v) is 5.43. The Bertz CT molecular complexity index is 940. The van der Waals surface area contributed by atoms with Gasteiger partial charge in [0.2, 0.25) is 5.52 Å². The third-order valence-electron chi connectivity index (χ3n) is 4.07. The van der Waals surface area contributed by atoms with Gasteiger partial charge in [0, 0.05) is 16.8 Å². The van der Waals surface area contributed by atoms with E-state index in [1.165, 1.54) is 32.8 Å². The summed E-state index contributed by atoms with van der Waals surface area (Å²) < 4.78 is 2.20. The van der Waals surface area contributed by atoms with Gasteiger partial charge in [-0.1, -0.05) is 48.5 Å². The van der Waals surface area contributed by atoms with E-state index in [-0.39, 0.29) is 0 Å². The quantitative estimate of drug-likeness (QED) is 0.354. The summed E-state index contributed by atoms with van der Waals surface area (Å²) in [7, 11) is 2.11. The van der Waals surface area contributed by atoms with Gasteiger partial charge in [-0.15, -0.1) is 0 Å². The third-order valence-corrected chi connectivity index (χ3v) is 4.07. The first-order valence-corrected chi connectivity index (χ1v) is 7.19. The first-order valence-electron chi connectivity index (χ1n) is 7.19. The molecule has 21 heavy (non-hydrogen) atoms. The lowest BCUT2D eigenvalue weighted by atomic mass is 10.00. The monoisotopic (exact) mass is 270 g/mol. The molecule has 0 amide bonds. The number of nitrogens with zero attached hydrogens (tertiary/aromatic N) is 1. The SMILES string of the molecule is C[n+]1cc2ccccc2c2cc(-c3ccccc3)ccc21. The van der Waals surface area contributed by atoms with Gasteiger partial charge >= 0.3 is 0 Å². The molecule has 0 radical (unpaired) electrons. The van der Waals surface area contributed by atoms with Gasteiger partial charge in [-0.2, -0.15) is 0 Å². The van der Waals surface area contributed by atoms with Crippen LogP contribution in [0.2, 0.25) is 0 Å². The van der Waals surface area contributed by atoms with Gasteiger partial charge in [0.05, 0.1) is 5.39 Å². The minimum atomic E-state index is 1.26. The lowest BCUT2D eigenvalue weighted by Gasteiger charge is -2.06. The van der Waals surface area contributed by atoms with Gasteiger partial charge in [0.25, 0.3) is 0 Å². The zero-order valence-electron chi connectivity index (χ0n) is 12.0. The minimum Gasteiger partial charge on any atom is -0.200 e. The van der Waals surface area contributed by atoms with E-state index in [1.807, 2.05) is 0 Å². The molecule has 0 unspecified atom stereocenters. The van der Waals surface area contributed by atoms with E-state index >= 15 is 0 Å². The van der Waals surface area contributed by atoms with Crippen molar-refractivity contribution >= 4 is 21.7 Å². The molecule has 0 fully saturated rings. The molecule has 0 aliphatic heterocycles. The van der Waals surface area contributed by atoms with E-state index in [2.05, 4.69) is 90.6 Å². The van der Waals surface area contributed by atoms with Gasteiger partial charge in [-0.3, -0.25) is 0 Å². The summed E-state index contributed by atoms with van der Waals surface area (Å²) in [4.78, 5) is 0. The van der Waals surface area contributed by atoms with Gasteiger partial charge in [-0.05, 0) is 29.3 Å². The standard InChI is InChI=1S/C20H16N/c1-21-14-17-9-5-6-10-18(17)19-13-16(11-12-20(19)21)15-7-3-2-4-8-15/h2-14H,1H3/q+1. The Morgan fingerprint density at radius 3 is 2.29 bits per heavy atom. The van der Waals surface area contributed by atoms with Crippen molar-refractivity contribution in [3.05, 3.63) is 79.0 Å². The van der Waals surface area contributed by atoms with Crippen molar-refractivity contribution in [1.29, 1.82) is 0 Å². The minimum absolute atomic E-state index is 1.26. The zero-order chi connectivity index (χ0) is 14.2. The lowest BCUT2D eigenvalue weighted by Crippen LogP contribution is -2.28. The summed E-state index contributed by atoms with van der Waals surface area (Å²) in [6, 6.07) is 25.8. The molecule has 4 aromatic rings. The number of fused-ring (bicyclic) bond motifs is 3. The van der Waals surface area contributed by atoms with Gasteiger partial charge in [0.1, 0.15) is 7.05 Å². The van der Waals surface area contributed by atoms with Gasteiger partial charge < -0.3 is 0 Å². The highest BCUT2D eigenvalue weighted by Crippen LogP contribution is 2.27. The van der Waals surface area contributed by atoms with Crippen molar-refractivity contribution in [2.24, 2.45) is 7.05 Å². The highest BCUT2D eigenvalue weighted by molar-refractivity contribution is 6.05. The van der Waals surface area contributed by atoms with Crippen molar-refractivity contribution in [1.82, 2.24) is 0 Å². The van der Waals surface area contributed by atoms with E-state index in [9.17, 15) is 0 Å². The van der Waals surface area contributed by atoms with Gasteiger partial charge in [0.15, 0.2) is 6.20 Å². The molecule has 0 bridgehead atoms. The maximum atomic E-state index is 2.30. The summed E-state index contributed by atoms with van der Waals surface area (Å²) in [5.41, 5.74) is 3.78. The summed E-state index contributed by atoms with van der Waals surface area (Å²) in [6.45, 7) is 0. The number of rotatable bonds is 1. The maximum Gasteiger partial charge on any atom is 0.212 e. The average Bonchev–Trinajstić information content (AvgIpc) is 2.55. The fourth-order valence-corrected chi connectivity index (χ4v) is 3.00. The van der Waals surface area contributed by atoms with Crippen molar-refractivity contribution < 1.29 is 4.57 Å². The topological polar surface area (TPSA) is 3.88 Å². The summed E-state index contributed by atoms with van der Waals surface area (Å²) >= 11 is 0. The molecule has 0 aliphatic carbocycles. The predicted octanol–water partition coefficient (Wildman–Crippen LogP) is 4.48. The van der Waals surface area contributed by atoms with Crippen molar-refractivity contribution in [2.45, 2.75) is 0 Å². The van der Waals surface area contributed by atoms with Gasteiger partial charge in [-0.25, -0.2) is 4.57 Å². The van der Waals surface area contributed by atoms with E-state index < -0.39 is 0 Å². The summed E-state index contributed by atoms with van der Waals surface area (Å²) in [5, 5.41) is 3.89. The third kappa shape index (κ3) is 1.98. The van der Waals surface area contributed by atoms with Crippen LogP contribution in [0, 0.1) is 0 Å². The van der Waals surface area contributed by atoms with Crippen LogP contribution in [0.5, 0.6) is 0 Å². The smallest absolute Gasteiger partial charge is 0.200 e. The Labute approximate surface area is 124 Å². The molecule has 0 N–H and O–H groups in total.